The van der Waals surface area contributed by atoms with E-state index in [4.69, 9.17) is 9.15 Å². The van der Waals surface area contributed by atoms with Crippen molar-refractivity contribution in [3.8, 4) is 16.9 Å². The maximum absolute atomic E-state index is 13.3. The molecule has 0 bridgehead atoms. The number of ether oxygens (including phenoxy) is 1. The first kappa shape index (κ1) is 12.4. The molecule has 20 heavy (non-hydrogen) atoms. The molecule has 0 aliphatic carbocycles. The lowest BCUT2D eigenvalue weighted by molar-refractivity contribution is 0.418. The van der Waals surface area contributed by atoms with E-state index in [1.54, 1.807) is 30.3 Å². The van der Waals surface area contributed by atoms with Crippen LogP contribution < -0.4 is 10.2 Å². The van der Waals surface area contributed by atoms with Crippen molar-refractivity contribution in [2.45, 2.75) is 0 Å². The summed E-state index contributed by atoms with van der Waals surface area (Å²) in [6.45, 7) is 0. The van der Waals surface area contributed by atoms with Gasteiger partial charge in [0, 0.05) is 0 Å². The molecule has 0 amide bonds. The minimum absolute atomic E-state index is 0.241. The lowest BCUT2D eigenvalue weighted by Crippen LogP contribution is -2.06. The molecule has 0 saturated heterocycles. The molecule has 1 aromatic heterocycles. The topological polar surface area (TPSA) is 39.4 Å². The van der Waals surface area contributed by atoms with Gasteiger partial charge in [-0.2, -0.15) is 0 Å². The van der Waals surface area contributed by atoms with Gasteiger partial charge in [-0.15, -0.1) is 0 Å². The Morgan fingerprint density at radius 1 is 1.15 bits per heavy atom. The van der Waals surface area contributed by atoms with E-state index in [1.165, 1.54) is 25.5 Å². The molecule has 0 fully saturated rings. The van der Waals surface area contributed by atoms with Gasteiger partial charge < -0.3 is 9.15 Å². The Morgan fingerprint density at radius 2 is 1.95 bits per heavy atom. The summed E-state index contributed by atoms with van der Waals surface area (Å²) in [4.78, 5) is 12.6. The number of halogens is 1. The van der Waals surface area contributed by atoms with Gasteiger partial charge in [0.15, 0.2) is 0 Å². The van der Waals surface area contributed by atoms with E-state index in [0.717, 1.165) is 0 Å². The molecule has 100 valence electrons. The summed E-state index contributed by atoms with van der Waals surface area (Å²) in [5, 5.41) is 0.358. The minimum Gasteiger partial charge on any atom is -0.496 e. The minimum atomic E-state index is -0.401. The first-order valence-electron chi connectivity index (χ1n) is 6.05. The third kappa shape index (κ3) is 1.95. The highest BCUT2D eigenvalue weighted by Crippen LogP contribution is 2.26. The molecular formula is C16H11FO3. The Hall–Kier alpha value is -2.62. The summed E-state index contributed by atoms with van der Waals surface area (Å²) in [5.74, 6) is 0.0385. The van der Waals surface area contributed by atoms with E-state index < -0.39 is 5.82 Å². The Morgan fingerprint density at radius 3 is 2.70 bits per heavy atom. The molecule has 2 aromatic carbocycles. The molecule has 3 rings (SSSR count). The van der Waals surface area contributed by atoms with E-state index in [1.807, 2.05) is 0 Å². The maximum atomic E-state index is 13.3. The summed E-state index contributed by atoms with van der Waals surface area (Å²) in [6, 6.07) is 11.0. The average molecular weight is 270 g/mol. The summed E-state index contributed by atoms with van der Waals surface area (Å²) in [7, 11) is 1.49. The molecule has 0 spiro atoms. The molecule has 0 unspecified atom stereocenters. The van der Waals surface area contributed by atoms with Crippen molar-refractivity contribution in [1.82, 2.24) is 0 Å². The lowest BCUT2D eigenvalue weighted by Gasteiger charge is -2.06. The molecule has 0 atom stereocenters. The van der Waals surface area contributed by atoms with Crippen LogP contribution in [0.15, 0.2) is 57.9 Å². The second-order valence-corrected chi connectivity index (χ2v) is 4.32. The second-order valence-electron chi connectivity index (χ2n) is 4.32. The zero-order valence-corrected chi connectivity index (χ0v) is 10.7. The number of methoxy groups -OCH3 is 1. The van der Waals surface area contributed by atoms with Crippen LogP contribution in [0.2, 0.25) is 0 Å². The van der Waals surface area contributed by atoms with Crippen LogP contribution in [0, 0.1) is 5.82 Å². The number of hydrogen-bond donors (Lipinski definition) is 0. The van der Waals surface area contributed by atoms with Crippen molar-refractivity contribution in [3.05, 3.63) is 64.8 Å². The molecule has 3 aromatic rings. The molecule has 4 heteroatoms. The number of rotatable bonds is 2. The first-order chi connectivity index (χ1) is 9.70. The van der Waals surface area contributed by atoms with E-state index in [2.05, 4.69) is 0 Å². The number of fused-ring (bicyclic) bond motifs is 1. The van der Waals surface area contributed by atoms with Gasteiger partial charge >= 0.3 is 0 Å². The van der Waals surface area contributed by atoms with Crippen LogP contribution in [0.1, 0.15) is 0 Å². The SMILES string of the molecule is COc1cccc2occ(-c3cccc(F)c3)c(=O)c12. The molecule has 0 N–H and O–H groups in total. The average Bonchev–Trinajstić information content (AvgIpc) is 2.47. The highest BCUT2D eigenvalue weighted by Gasteiger charge is 2.13. The summed E-state index contributed by atoms with van der Waals surface area (Å²) in [6.07, 6.45) is 1.35. The monoisotopic (exact) mass is 270 g/mol. The van der Waals surface area contributed by atoms with Crippen molar-refractivity contribution in [3.63, 3.8) is 0 Å². The lowest BCUT2D eigenvalue weighted by atomic mass is 10.1. The smallest absolute Gasteiger partial charge is 0.204 e. The zero-order valence-electron chi connectivity index (χ0n) is 10.7. The first-order valence-corrected chi connectivity index (χ1v) is 6.05. The molecule has 0 aliphatic heterocycles. The van der Waals surface area contributed by atoms with Crippen molar-refractivity contribution in [2.75, 3.05) is 7.11 Å². The molecular weight excluding hydrogens is 259 g/mol. The van der Waals surface area contributed by atoms with E-state index >= 15 is 0 Å². The third-order valence-corrected chi connectivity index (χ3v) is 3.12. The van der Waals surface area contributed by atoms with E-state index in [0.29, 0.717) is 27.8 Å². The van der Waals surface area contributed by atoms with Gasteiger partial charge in [0.25, 0.3) is 0 Å². The van der Waals surface area contributed by atoms with Gasteiger partial charge in [-0.1, -0.05) is 18.2 Å². The zero-order chi connectivity index (χ0) is 14.1. The predicted molar refractivity (Wildman–Crippen MR) is 74.4 cm³/mol. The van der Waals surface area contributed by atoms with Crippen molar-refractivity contribution >= 4 is 11.0 Å². The summed E-state index contributed by atoms with van der Waals surface area (Å²) >= 11 is 0. The standard InChI is InChI=1S/C16H11FO3/c1-19-13-6-3-7-14-15(13)16(18)12(9-20-14)10-4-2-5-11(17)8-10/h2-9H,1H3. The van der Waals surface area contributed by atoms with Gasteiger partial charge in [0.2, 0.25) is 5.43 Å². The van der Waals surface area contributed by atoms with Crippen LogP contribution in [-0.2, 0) is 0 Å². The third-order valence-electron chi connectivity index (χ3n) is 3.12. The van der Waals surface area contributed by atoms with Gasteiger partial charge in [-0.05, 0) is 29.8 Å². The molecule has 3 nitrogen and oxygen atoms in total. The van der Waals surface area contributed by atoms with Crippen LogP contribution >= 0.6 is 0 Å². The fourth-order valence-corrected chi connectivity index (χ4v) is 2.17. The van der Waals surface area contributed by atoms with Crippen LogP contribution in [0.5, 0.6) is 5.75 Å². The molecule has 0 radical (unpaired) electrons. The van der Waals surface area contributed by atoms with E-state index in [9.17, 15) is 9.18 Å². The number of hydrogen-bond acceptors (Lipinski definition) is 3. The van der Waals surface area contributed by atoms with Crippen LogP contribution in [-0.4, -0.2) is 7.11 Å². The van der Waals surface area contributed by atoms with Gasteiger partial charge in [0.1, 0.15) is 28.8 Å². The van der Waals surface area contributed by atoms with Gasteiger partial charge in [-0.25, -0.2) is 4.39 Å². The van der Waals surface area contributed by atoms with Crippen molar-refractivity contribution in [2.24, 2.45) is 0 Å². The largest absolute Gasteiger partial charge is 0.496 e. The Labute approximate surface area is 114 Å². The summed E-state index contributed by atoms with van der Waals surface area (Å²) in [5.41, 5.74) is 0.983. The van der Waals surface area contributed by atoms with Gasteiger partial charge in [0.05, 0.1) is 12.7 Å². The summed E-state index contributed by atoms with van der Waals surface area (Å²) < 4.78 is 23.9. The van der Waals surface area contributed by atoms with Crippen molar-refractivity contribution in [1.29, 1.82) is 0 Å². The second kappa shape index (κ2) is 4.81. The van der Waals surface area contributed by atoms with E-state index in [-0.39, 0.29) is 5.43 Å². The number of benzene rings is 2. The van der Waals surface area contributed by atoms with Crippen LogP contribution in [0.3, 0.4) is 0 Å². The Kier molecular flexibility index (Phi) is 2.99. The predicted octanol–water partition coefficient (Wildman–Crippen LogP) is 3.61. The maximum Gasteiger partial charge on any atom is 0.204 e. The highest BCUT2D eigenvalue weighted by molar-refractivity contribution is 5.86. The highest BCUT2D eigenvalue weighted by atomic mass is 19.1. The molecule has 0 aliphatic rings. The van der Waals surface area contributed by atoms with Crippen LogP contribution in [0.4, 0.5) is 4.39 Å². The molecule has 0 saturated carbocycles. The quantitative estimate of drug-likeness (QED) is 0.714. The van der Waals surface area contributed by atoms with Crippen molar-refractivity contribution < 1.29 is 13.5 Å². The Bertz CT molecular complexity index is 836. The Balaban J connectivity index is 2.34. The van der Waals surface area contributed by atoms with Gasteiger partial charge in [-0.3, -0.25) is 4.79 Å². The normalized spacial score (nSPS) is 10.7. The fraction of sp³-hybridized carbons (Fsp3) is 0.0625. The molecule has 1 heterocycles. The fourth-order valence-electron chi connectivity index (χ4n) is 2.17. The van der Waals surface area contributed by atoms with Crippen LogP contribution in [0.25, 0.3) is 22.1 Å².